The number of benzene rings is 1. The van der Waals surface area contributed by atoms with Crippen LogP contribution in [0.1, 0.15) is 37.0 Å². The van der Waals surface area contributed by atoms with Crippen LogP contribution < -0.4 is 0 Å². The van der Waals surface area contributed by atoms with Crippen LogP contribution in [0, 0.1) is 0 Å². The lowest BCUT2D eigenvalue weighted by atomic mass is 10.2. The predicted octanol–water partition coefficient (Wildman–Crippen LogP) is 3.08. The Kier molecular flexibility index (Phi) is 6.31. The van der Waals surface area contributed by atoms with Crippen molar-refractivity contribution in [3.8, 4) is 0 Å². The molecule has 2 rings (SSSR count). The van der Waals surface area contributed by atoms with Crippen molar-refractivity contribution in [1.29, 1.82) is 0 Å². The predicted molar refractivity (Wildman–Crippen MR) is 98.5 cm³/mol. The van der Waals surface area contributed by atoms with E-state index in [0.717, 1.165) is 17.1 Å². The number of esters is 1. The third kappa shape index (κ3) is 6.66. The van der Waals surface area contributed by atoms with Gasteiger partial charge in [-0.1, -0.05) is 30.3 Å². The summed E-state index contributed by atoms with van der Waals surface area (Å²) in [6.45, 7) is 5.35. The van der Waals surface area contributed by atoms with Crippen LogP contribution in [0.25, 0.3) is 0 Å². The van der Waals surface area contributed by atoms with Crippen molar-refractivity contribution in [3.63, 3.8) is 0 Å². The lowest BCUT2D eigenvalue weighted by molar-refractivity contribution is -0.158. The Hall–Kier alpha value is -2.21. The number of likely N-dealkylation sites (N-methyl/N-ethyl adjacent to an activating group) is 1. The van der Waals surface area contributed by atoms with Crippen LogP contribution in [0.15, 0.2) is 35.7 Å². The topological polar surface area (TPSA) is 59.5 Å². The molecular formula is C19H24N2O3S. The molecule has 0 aliphatic carbocycles. The van der Waals surface area contributed by atoms with Gasteiger partial charge >= 0.3 is 5.97 Å². The van der Waals surface area contributed by atoms with Gasteiger partial charge in [0.25, 0.3) is 0 Å². The Morgan fingerprint density at radius 3 is 2.52 bits per heavy atom. The van der Waals surface area contributed by atoms with E-state index in [9.17, 15) is 9.59 Å². The minimum absolute atomic E-state index is 0.0584. The van der Waals surface area contributed by atoms with Crippen molar-refractivity contribution in [3.05, 3.63) is 52.0 Å². The summed E-state index contributed by atoms with van der Waals surface area (Å²) in [5.74, 6) is -0.561. The van der Waals surface area contributed by atoms with Gasteiger partial charge in [0.1, 0.15) is 12.1 Å². The number of carbonyl (C=O) groups excluding carboxylic acids is 2. The van der Waals surface area contributed by atoms with E-state index >= 15 is 0 Å². The maximum absolute atomic E-state index is 12.3. The van der Waals surface area contributed by atoms with Crippen LogP contribution in [0.5, 0.6) is 0 Å². The molecular weight excluding hydrogens is 336 g/mol. The maximum atomic E-state index is 12.3. The van der Waals surface area contributed by atoms with E-state index in [2.05, 4.69) is 17.1 Å². The monoisotopic (exact) mass is 360 g/mol. The van der Waals surface area contributed by atoms with Crippen molar-refractivity contribution in [2.24, 2.45) is 0 Å². The second-order valence-electron chi connectivity index (χ2n) is 6.91. The van der Waals surface area contributed by atoms with Crippen molar-refractivity contribution in [2.45, 2.75) is 39.2 Å². The fourth-order valence-electron chi connectivity index (χ4n) is 2.23. The third-order valence-corrected chi connectivity index (χ3v) is 4.24. The number of rotatable bonds is 6. The highest BCUT2D eigenvalue weighted by atomic mass is 32.1. The van der Waals surface area contributed by atoms with Gasteiger partial charge in [0.15, 0.2) is 0 Å². The molecule has 0 bridgehead atoms. The number of nitrogens with zero attached hydrogens (tertiary/aromatic N) is 2. The average Bonchev–Trinajstić information content (AvgIpc) is 2.93. The normalized spacial score (nSPS) is 11.2. The number of carbonyl (C=O) groups is 2. The van der Waals surface area contributed by atoms with Gasteiger partial charge in [-0.25, -0.2) is 4.98 Å². The number of aromatic nitrogens is 1. The largest absolute Gasteiger partial charge is 0.459 e. The summed E-state index contributed by atoms with van der Waals surface area (Å²) in [5.41, 5.74) is 1.37. The lowest BCUT2D eigenvalue weighted by Gasteiger charge is -2.22. The molecule has 0 aliphatic rings. The standard InChI is InChI=1S/C19H24N2O3S/c1-19(2,3)24-18(23)12-21(4)17(22)11-15-13-25-16(20-15)10-14-8-6-5-7-9-14/h5-9,13H,10-12H2,1-4H3. The molecule has 1 aromatic heterocycles. The smallest absolute Gasteiger partial charge is 0.326 e. The summed E-state index contributed by atoms with van der Waals surface area (Å²) >= 11 is 1.55. The molecule has 25 heavy (non-hydrogen) atoms. The zero-order valence-corrected chi connectivity index (χ0v) is 15.9. The maximum Gasteiger partial charge on any atom is 0.326 e. The first-order valence-corrected chi connectivity index (χ1v) is 9.04. The summed E-state index contributed by atoms with van der Waals surface area (Å²) in [6.07, 6.45) is 0.942. The van der Waals surface area contributed by atoms with Gasteiger partial charge in [-0.3, -0.25) is 9.59 Å². The number of thiazole rings is 1. The minimum atomic E-state index is -0.553. The molecule has 1 amide bonds. The van der Waals surface area contributed by atoms with Crippen LogP contribution in [0.3, 0.4) is 0 Å². The number of amides is 1. The molecule has 0 aliphatic heterocycles. The highest BCUT2D eigenvalue weighted by Gasteiger charge is 2.20. The molecule has 5 nitrogen and oxygen atoms in total. The number of ether oxygens (including phenoxy) is 1. The van der Waals surface area contributed by atoms with Gasteiger partial charge in [0, 0.05) is 18.8 Å². The zero-order chi connectivity index (χ0) is 18.4. The first kappa shape index (κ1) is 19.1. The highest BCUT2D eigenvalue weighted by Crippen LogP contribution is 2.15. The first-order valence-electron chi connectivity index (χ1n) is 8.16. The van der Waals surface area contributed by atoms with E-state index in [4.69, 9.17) is 4.74 Å². The van der Waals surface area contributed by atoms with Gasteiger partial charge < -0.3 is 9.64 Å². The lowest BCUT2D eigenvalue weighted by Crippen LogP contribution is -2.36. The Morgan fingerprint density at radius 1 is 1.20 bits per heavy atom. The minimum Gasteiger partial charge on any atom is -0.459 e. The average molecular weight is 360 g/mol. The number of hydrogen-bond acceptors (Lipinski definition) is 5. The van der Waals surface area contributed by atoms with E-state index in [1.54, 1.807) is 39.2 Å². The Morgan fingerprint density at radius 2 is 1.88 bits per heavy atom. The Bertz CT molecular complexity index is 720. The third-order valence-electron chi connectivity index (χ3n) is 3.34. The molecule has 0 fully saturated rings. The molecule has 1 aromatic carbocycles. The van der Waals surface area contributed by atoms with Gasteiger partial charge in [0.05, 0.1) is 17.1 Å². The molecule has 6 heteroatoms. The quantitative estimate of drug-likeness (QED) is 0.743. The van der Waals surface area contributed by atoms with Crippen LogP contribution in [-0.4, -0.2) is 41.0 Å². The Balaban J connectivity index is 1.87. The van der Waals surface area contributed by atoms with Crippen molar-refractivity contribution in [2.75, 3.05) is 13.6 Å². The van der Waals surface area contributed by atoms with Crippen LogP contribution in [-0.2, 0) is 27.2 Å². The second-order valence-corrected chi connectivity index (χ2v) is 7.85. The van der Waals surface area contributed by atoms with Crippen LogP contribution in [0.4, 0.5) is 0 Å². The SMILES string of the molecule is CN(CC(=O)OC(C)(C)C)C(=O)Cc1csc(Cc2ccccc2)n1. The molecule has 134 valence electrons. The summed E-state index contributed by atoms with van der Waals surface area (Å²) in [5, 5.41) is 2.88. The van der Waals surface area contributed by atoms with Gasteiger partial charge in [0.2, 0.25) is 5.91 Å². The molecule has 0 radical (unpaired) electrons. The molecule has 2 aromatic rings. The van der Waals surface area contributed by atoms with E-state index in [-0.39, 0.29) is 18.9 Å². The van der Waals surface area contributed by atoms with Gasteiger partial charge in [-0.2, -0.15) is 0 Å². The summed E-state index contributed by atoms with van der Waals surface area (Å²) < 4.78 is 5.23. The first-order chi connectivity index (χ1) is 11.7. The molecule has 0 saturated heterocycles. The molecule has 0 saturated carbocycles. The van der Waals surface area contributed by atoms with E-state index in [1.807, 2.05) is 23.6 Å². The summed E-state index contributed by atoms with van der Waals surface area (Å²) in [4.78, 5) is 30.0. The van der Waals surface area contributed by atoms with E-state index < -0.39 is 11.6 Å². The second kappa shape index (κ2) is 8.25. The van der Waals surface area contributed by atoms with Crippen molar-refractivity contribution in [1.82, 2.24) is 9.88 Å². The Labute approximate surface area is 152 Å². The van der Waals surface area contributed by atoms with Crippen LogP contribution in [0.2, 0.25) is 0 Å². The van der Waals surface area contributed by atoms with Gasteiger partial charge in [-0.15, -0.1) is 11.3 Å². The number of hydrogen-bond donors (Lipinski definition) is 0. The molecule has 0 atom stereocenters. The van der Waals surface area contributed by atoms with Gasteiger partial charge in [-0.05, 0) is 26.3 Å². The van der Waals surface area contributed by atoms with Crippen molar-refractivity contribution >= 4 is 23.2 Å². The summed E-state index contributed by atoms with van der Waals surface area (Å²) in [7, 11) is 1.60. The molecule has 0 spiro atoms. The van der Waals surface area contributed by atoms with E-state index in [0.29, 0.717) is 0 Å². The molecule has 0 unspecified atom stereocenters. The van der Waals surface area contributed by atoms with Crippen molar-refractivity contribution < 1.29 is 14.3 Å². The fourth-order valence-corrected chi connectivity index (χ4v) is 3.06. The van der Waals surface area contributed by atoms with Crippen LogP contribution >= 0.6 is 11.3 Å². The highest BCUT2D eigenvalue weighted by molar-refractivity contribution is 7.09. The fraction of sp³-hybridized carbons (Fsp3) is 0.421. The molecule has 1 heterocycles. The zero-order valence-electron chi connectivity index (χ0n) is 15.1. The summed E-state index contributed by atoms with van der Waals surface area (Å²) in [6, 6.07) is 10.1. The molecule has 0 N–H and O–H groups in total. The van der Waals surface area contributed by atoms with E-state index in [1.165, 1.54) is 10.5 Å².